The summed E-state index contributed by atoms with van der Waals surface area (Å²) in [6.07, 6.45) is 0.134. The number of phenols is 1. The van der Waals surface area contributed by atoms with Gasteiger partial charge in [-0.05, 0) is 40.2 Å². The maximum atomic E-state index is 12.1. The Morgan fingerprint density at radius 2 is 2.13 bits per heavy atom. The van der Waals surface area contributed by atoms with Gasteiger partial charge in [0.05, 0.1) is 22.7 Å². The third kappa shape index (κ3) is 4.11. The van der Waals surface area contributed by atoms with E-state index in [2.05, 4.69) is 26.2 Å². The van der Waals surface area contributed by atoms with Gasteiger partial charge in [0.25, 0.3) is 0 Å². The first kappa shape index (κ1) is 16.4. The molecule has 0 aliphatic heterocycles. The van der Waals surface area contributed by atoms with Crippen LogP contribution in [0.4, 0.5) is 5.69 Å². The molecule has 0 fully saturated rings. The van der Waals surface area contributed by atoms with Gasteiger partial charge in [0.1, 0.15) is 10.8 Å². The van der Waals surface area contributed by atoms with Crippen molar-refractivity contribution in [2.24, 2.45) is 0 Å². The monoisotopic (exact) mass is 428 g/mol. The lowest BCUT2D eigenvalue weighted by Gasteiger charge is -2.06. The molecule has 23 heavy (non-hydrogen) atoms. The third-order valence-corrected chi connectivity index (χ3v) is 5.89. The van der Waals surface area contributed by atoms with Gasteiger partial charge >= 0.3 is 0 Å². The summed E-state index contributed by atoms with van der Waals surface area (Å²) in [5.41, 5.74) is 0.980. The minimum absolute atomic E-state index is 0.0230. The molecule has 0 saturated carbocycles. The molecule has 2 aromatic heterocycles. The zero-order chi connectivity index (χ0) is 16.4. The number of anilines is 1. The van der Waals surface area contributed by atoms with E-state index in [1.165, 1.54) is 23.5 Å². The van der Waals surface area contributed by atoms with Crippen LogP contribution in [-0.4, -0.2) is 16.0 Å². The van der Waals surface area contributed by atoms with E-state index in [1.54, 1.807) is 17.4 Å². The molecule has 1 amide bonds. The van der Waals surface area contributed by atoms with E-state index in [0.717, 1.165) is 14.4 Å². The standard InChI is InChI=1S/C15H10BrClN2O2S2/c16-8-3-13(22-6-8)15-18-10(7-23-15)5-14(21)19-11-4-9(17)1-2-12(11)20/h1-4,6-7,20H,5H2,(H,19,21). The molecule has 0 aliphatic rings. The van der Waals surface area contributed by atoms with Crippen molar-refractivity contribution in [2.45, 2.75) is 6.42 Å². The van der Waals surface area contributed by atoms with Crippen molar-refractivity contribution >= 4 is 61.8 Å². The molecule has 0 spiro atoms. The molecular formula is C15H10BrClN2O2S2. The minimum Gasteiger partial charge on any atom is -0.506 e. The van der Waals surface area contributed by atoms with Crippen LogP contribution in [0.25, 0.3) is 9.88 Å². The van der Waals surface area contributed by atoms with Gasteiger partial charge in [-0.15, -0.1) is 22.7 Å². The number of hydrogen-bond acceptors (Lipinski definition) is 5. The molecule has 0 unspecified atom stereocenters. The molecule has 0 saturated heterocycles. The Balaban J connectivity index is 1.69. The van der Waals surface area contributed by atoms with E-state index in [0.29, 0.717) is 16.4 Å². The Bertz CT molecular complexity index is 863. The van der Waals surface area contributed by atoms with Crippen LogP contribution in [0.1, 0.15) is 5.69 Å². The molecule has 0 radical (unpaired) electrons. The fourth-order valence-electron chi connectivity index (χ4n) is 1.89. The number of aromatic hydroxyl groups is 1. The number of amides is 1. The number of halogens is 2. The average Bonchev–Trinajstić information content (AvgIpc) is 3.12. The number of carbonyl (C=O) groups excluding carboxylic acids is 1. The number of thiazole rings is 1. The van der Waals surface area contributed by atoms with E-state index in [1.807, 2.05) is 16.8 Å². The van der Waals surface area contributed by atoms with Gasteiger partial charge in [-0.2, -0.15) is 0 Å². The maximum Gasteiger partial charge on any atom is 0.230 e. The summed E-state index contributed by atoms with van der Waals surface area (Å²) in [4.78, 5) is 17.6. The van der Waals surface area contributed by atoms with E-state index in [-0.39, 0.29) is 18.1 Å². The molecule has 8 heteroatoms. The highest BCUT2D eigenvalue weighted by atomic mass is 79.9. The van der Waals surface area contributed by atoms with E-state index in [4.69, 9.17) is 11.6 Å². The van der Waals surface area contributed by atoms with Crippen molar-refractivity contribution < 1.29 is 9.90 Å². The number of thiophene rings is 1. The van der Waals surface area contributed by atoms with Crippen molar-refractivity contribution in [1.29, 1.82) is 0 Å². The van der Waals surface area contributed by atoms with Gasteiger partial charge in [0.2, 0.25) is 5.91 Å². The van der Waals surface area contributed by atoms with Gasteiger partial charge in [0.15, 0.2) is 0 Å². The van der Waals surface area contributed by atoms with Gasteiger partial charge in [-0.25, -0.2) is 4.98 Å². The largest absolute Gasteiger partial charge is 0.506 e. The van der Waals surface area contributed by atoms with Crippen molar-refractivity contribution in [3.05, 3.63) is 50.2 Å². The number of phenolic OH excluding ortho intramolecular Hbond substituents is 1. The Kier molecular flexibility index (Phi) is 5.01. The van der Waals surface area contributed by atoms with Crippen LogP contribution in [0.3, 0.4) is 0 Å². The Morgan fingerprint density at radius 1 is 1.30 bits per heavy atom. The van der Waals surface area contributed by atoms with Crippen LogP contribution in [0.5, 0.6) is 5.75 Å². The molecular weight excluding hydrogens is 420 g/mol. The predicted octanol–water partition coefficient (Wildman–Crippen LogP) is 5.17. The number of carbonyl (C=O) groups is 1. The first-order chi connectivity index (χ1) is 11.0. The van der Waals surface area contributed by atoms with Gasteiger partial charge in [-0.1, -0.05) is 11.6 Å². The van der Waals surface area contributed by atoms with Crippen LogP contribution in [0, 0.1) is 0 Å². The minimum atomic E-state index is -0.258. The Morgan fingerprint density at radius 3 is 2.87 bits per heavy atom. The summed E-state index contributed by atoms with van der Waals surface area (Å²) in [7, 11) is 0. The lowest BCUT2D eigenvalue weighted by Crippen LogP contribution is -2.14. The fourth-order valence-corrected chi connectivity index (χ4v) is 4.39. The molecule has 0 aliphatic carbocycles. The topological polar surface area (TPSA) is 62.2 Å². The lowest BCUT2D eigenvalue weighted by atomic mass is 10.2. The third-order valence-electron chi connectivity index (χ3n) is 2.90. The molecule has 3 rings (SSSR count). The zero-order valence-electron chi connectivity index (χ0n) is 11.5. The summed E-state index contributed by atoms with van der Waals surface area (Å²) in [5.74, 6) is -0.281. The quantitative estimate of drug-likeness (QED) is 0.562. The Hall–Kier alpha value is -1.41. The second kappa shape index (κ2) is 7.00. The highest BCUT2D eigenvalue weighted by Gasteiger charge is 2.12. The SMILES string of the molecule is O=C(Cc1csc(-c2cc(Br)cs2)n1)Nc1cc(Cl)ccc1O. The van der Waals surface area contributed by atoms with E-state index < -0.39 is 0 Å². The second-order valence-corrected chi connectivity index (χ2v) is 7.78. The first-order valence-electron chi connectivity index (χ1n) is 6.48. The van der Waals surface area contributed by atoms with Crippen LogP contribution >= 0.6 is 50.2 Å². The summed E-state index contributed by atoms with van der Waals surface area (Å²) in [6, 6.07) is 6.49. The number of nitrogens with one attached hydrogen (secondary N) is 1. The molecule has 2 heterocycles. The summed E-state index contributed by atoms with van der Waals surface area (Å²) >= 11 is 12.4. The van der Waals surface area contributed by atoms with Crippen molar-refractivity contribution in [3.63, 3.8) is 0 Å². The molecule has 118 valence electrons. The predicted molar refractivity (Wildman–Crippen MR) is 98.6 cm³/mol. The van der Waals surface area contributed by atoms with Gasteiger partial charge < -0.3 is 10.4 Å². The van der Waals surface area contributed by atoms with E-state index in [9.17, 15) is 9.90 Å². The number of aromatic nitrogens is 1. The number of benzene rings is 1. The first-order valence-corrected chi connectivity index (χ1v) is 9.41. The lowest BCUT2D eigenvalue weighted by molar-refractivity contribution is -0.115. The normalized spacial score (nSPS) is 10.7. The highest BCUT2D eigenvalue weighted by molar-refractivity contribution is 9.10. The molecule has 0 bridgehead atoms. The smallest absolute Gasteiger partial charge is 0.230 e. The van der Waals surface area contributed by atoms with Crippen LogP contribution < -0.4 is 5.32 Å². The summed E-state index contributed by atoms with van der Waals surface area (Å²) < 4.78 is 1.02. The van der Waals surface area contributed by atoms with Crippen molar-refractivity contribution in [1.82, 2.24) is 4.98 Å². The number of rotatable bonds is 4. The Labute approximate surface area is 153 Å². The van der Waals surface area contributed by atoms with Gasteiger partial charge in [0, 0.05) is 20.3 Å². The van der Waals surface area contributed by atoms with Crippen LogP contribution in [0.15, 0.2) is 39.5 Å². The summed E-state index contributed by atoms with van der Waals surface area (Å²) in [6.45, 7) is 0. The van der Waals surface area contributed by atoms with Crippen molar-refractivity contribution in [2.75, 3.05) is 5.32 Å². The fraction of sp³-hybridized carbons (Fsp3) is 0.0667. The van der Waals surface area contributed by atoms with Crippen LogP contribution in [-0.2, 0) is 11.2 Å². The number of hydrogen-bond donors (Lipinski definition) is 2. The molecule has 0 atom stereocenters. The molecule has 2 N–H and O–H groups in total. The van der Waals surface area contributed by atoms with Gasteiger partial charge in [-0.3, -0.25) is 4.79 Å². The molecule has 4 nitrogen and oxygen atoms in total. The number of nitrogens with zero attached hydrogens (tertiary/aromatic N) is 1. The van der Waals surface area contributed by atoms with Crippen molar-refractivity contribution in [3.8, 4) is 15.6 Å². The van der Waals surface area contributed by atoms with E-state index >= 15 is 0 Å². The molecule has 3 aromatic rings. The maximum absolute atomic E-state index is 12.1. The molecule has 1 aromatic carbocycles. The zero-order valence-corrected chi connectivity index (χ0v) is 15.5. The van der Waals surface area contributed by atoms with Crippen LogP contribution in [0.2, 0.25) is 5.02 Å². The average molecular weight is 430 g/mol. The summed E-state index contributed by atoms with van der Waals surface area (Å²) in [5, 5.41) is 17.5. The second-order valence-electron chi connectivity index (χ2n) is 4.66. The highest BCUT2D eigenvalue weighted by Crippen LogP contribution is 2.32.